The third-order valence-electron chi connectivity index (χ3n) is 4.24. The first-order valence-corrected chi connectivity index (χ1v) is 9.38. The van der Waals surface area contributed by atoms with Crippen molar-refractivity contribution in [2.45, 2.75) is 6.92 Å². The Bertz CT molecular complexity index is 1050. The van der Waals surface area contributed by atoms with Crippen LogP contribution in [0.1, 0.15) is 21.7 Å². The van der Waals surface area contributed by atoms with Gasteiger partial charge in [0.15, 0.2) is 0 Å². The van der Waals surface area contributed by atoms with Gasteiger partial charge in [0.25, 0.3) is 11.8 Å². The fourth-order valence-corrected chi connectivity index (χ4v) is 2.76. The molecule has 0 unspecified atom stereocenters. The van der Waals surface area contributed by atoms with E-state index in [9.17, 15) is 9.59 Å². The van der Waals surface area contributed by atoms with E-state index < -0.39 is 0 Å². The van der Waals surface area contributed by atoms with Gasteiger partial charge in [-0.25, -0.2) is 0 Å². The molecule has 2 aromatic carbocycles. The van der Waals surface area contributed by atoms with Gasteiger partial charge in [-0.1, -0.05) is 29.3 Å². The highest BCUT2D eigenvalue weighted by atomic mass is 35.5. The van der Waals surface area contributed by atoms with Crippen LogP contribution in [0.4, 0.5) is 0 Å². The Hall–Kier alpha value is -3.31. The molecule has 29 heavy (non-hydrogen) atoms. The van der Waals surface area contributed by atoms with Crippen LogP contribution in [-0.2, 0) is 4.79 Å². The van der Waals surface area contributed by atoms with E-state index in [2.05, 4.69) is 5.32 Å². The summed E-state index contributed by atoms with van der Waals surface area (Å²) in [6, 6.07) is 17.9. The number of hydrogen-bond donors (Lipinski definition) is 1. The van der Waals surface area contributed by atoms with Crippen molar-refractivity contribution in [2.24, 2.45) is 0 Å². The normalized spacial score (nSPS) is 11.2. The van der Waals surface area contributed by atoms with E-state index in [-0.39, 0.29) is 17.5 Å². The van der Waals surface area contributed by atoms with E-state index in [1.807, 2.05) is 31.2 Å². The molecule has 0 aliphatic heterocycles. The number of aryl methyl sites for hydroxylation is 1. The molecule has 0 radical (unpaired) electrons. The third kappa shape index (κ3) is 5.15. The molecule has 0 bridgehead atoms. The molecule has 2 amide bonds. The minimum Gasteiger partial charge on any atom is -0.457 e. The first-order chi connectivity index (χ1) is 13.8. The number of furan rings is 1. The van der Waals surface area contributed by atoms with Crippen LogP contribution in [0.2, 0.25) is 5.02 Å². The van der Waals surface area contributed by atoms with Crippen molar-refractivity contribution in [3.05, 3.63) is 88.3 Å². The summed E-state index contributed by atoms with van der Waals surface area (Å²) in [6.07, 6.45) is 1.52. The van der Waals surface area contributed by atoms with E-state index in [0.717, 1.165) is 11.1 Å². The lowest BCUT2D eigenvalue weighted by Gasteiger charge is -2.14. The number of nitrogens with one attached hydrogen (secondary N) is 1. The van der Waals surface area contributed by atoms with E-state index in [1.165, 1.54) is 11.0 Å². The van der Waals surface area contributed by atoms with Crippen LogP contribution in [-0.4, -0.2) is 30.8 Å². The Morgan fingerprint density at radius 2 is 1.62 bits per heavy atom. The molecule has 6 heteroatoms. The molecule has 0 aliphatic rings. The Kier molecular flexibility index (Phi) is 6.20. The molecular weight excluding hydrogens is 388 g/mol. The van der Waals surface area contributed by atoms with Gasteiger partial charge in [0, 0.05) is 36.3 Å². The summed E-state index contributed by atoms with van der Waals surface area (Å²) in [5.41, 5.74) is 2.50. The number of halogens is 1. The summed E-state index contributed by atoms with van der Waals surface area (Å²) in [7, 11) is 3.24. The van der Waals surface area contributed by atoms with Crippen LogP contribution in [0.25, 0.3) is 17.4 Å². The molecule has 3 rings (SSSR count). The van der Waals surface area contributed by atoms with Crippen molar-refractivity contribution in [1.82, 2.24) is 10.2 Å². The standard InChI is InChI=1S/C23H21ClN2O3/c1-15-4-6-17(7-5-15)22(27)25-20(23(28)26(2)3)14-19-12-13-21(29-19)16-8-10-18(24)11-9-16/h4-14H,1-3H3,(H,25,27). The Labute approximate surface area is 174 Å². The van der Waals surface area contributed by atoms with Gasteiger partial charge in [-0.2, -0.15) is 0 Å². The molecule has 0 spiro atoms. The van der Waals surface area contributed by atoms with Crippen LogP contribution in [0.15, 0.2) is 70.8 Å². The molecule has 1 N–H and O–H groups in total. The number of amides is 2. The second-order valence-corrected chi connectivity index (χ2v) is 7.22. The van der Waals surface area contributed by atoms with Gasteiger partial charge in [0.1, 0.15) is 17.2 Å². The summed E-state index contributed by atoms with van der Waals surface area (Å²) in [5.74, 6) is 0.379. The third-order valence-corrected chi connectivity index (χ3v) is 4.49. The predicted octanol–water partition coefficient (Wildman–Crippen LogP) is 4.77. The number of hydrogen-bond acceptors (Lipinski definition) is 3. The SMILES string of the molecule is Cc1ccc(C(=O)NC(=Cc2ccc(-c3ccc(Cl)cc3)o2)C(=O)N(C)C)cc1. The molecule has 5 nitrogen and oxygen atoms in total. The smallest absolute Gasteiger partial charge is 0.269 e. The van der Waals surface area contributed by atoms with Gasteiger partial charge in [0.2, 0.25) is 0 Å². The van der Waals surface area contributed by atoms with Crippen molar-refractivity contribution in [3.8, 4) is 11.3 Å². The van der Waals surface area contributed by atoms with Crippen LogP contribution in [0.5, 0.6) is 0 Å². The molecule has 148 valence electrons. The van der Waals surface area contributed by atoms with Crippen molar-refractivity contribution >= 4 is 29.5 Å². The van der Waals surface area contributed by atoms with Crippen molar-refractivity contribution < 1.29 is 14.0 Å². The first kappa shape index (κ1) is 20.4. The lowest BCUT2D eigenvalue weighted by atomic mass is 10.1. The Morgan fingerprint density at radius 3 is 2.24 bits per heavy atom. The minimum absolute atomic E-state index is 0.123. The maximum absolute atomic E-state index is 12.6. The average Bonchev–Trinajstić information content (AvgIpc) is 3.16. The summed E-state index contributed by atoms with van der Waals surface area (Å²) >= 11 is 5.92. The van der Waals surface area contributed by atoms with Crippen LogP contribution >= 0.6 is 11.6 Å². The topological polar surface area (TPSA) is 62.6 Å². The number of nitrogens with zero attached hydrogens (tertiary/aromatic N) is 1. The van der Waals surface area contributed by atoms with Crippen molar-refractivity contribution in [2.75, 3.05) is 14.1 Å². The highest BCUT2D eigenvalue weighted by molar-refractivity contribution is 6.30. The van der Waals surface area contributed by atoms with Gasteiger partial charge in [-0.3, -0.25) is 9.59 Å². The molecule has 1 aromatic heterocycles. The molecule has 3 aromatic rings. The number of carbonyl (C=O) groups excluding carboxylic acids is 2. The molecular formula is C23H21ClN2O3. The summed E-state index contributed by atoms with van der Waals surface area (Å²) in [6.45, 7) is 1.94. The van der Waals surface area contributed by atoms with Gasteiger partial charge in [-0.05, 0) is 55.5 Å². The van der Waals surface area contributed by atoms with Gasteiger partial charge in [0.05, 0.1) is 0 Å². The zero-order valence-electron chi connectivity index (χ0n) is 16.4. The fourth-order valence-electron chi connectivity index (χ4n) is 2.63. The highest BCUT2D eigenvalue weighted by Crippen LogP contribution is 2.25. The van der Waals surface area contributed by atoms with Gasteiger partial charge < -0.3 is 14.6 Å². The summed E-state index contributed by atoms with van der Waals surface area (Å²) in [4.78, 5) is 26.5. The zero-order valence-corrected chi connectivity index (χ0v) is 17.2. The van der Waals surface area contributed by atoms with Crippen LogP contribution in [0.3, 0.4) is 0 Å². The monoisotopic (exact) mass is 408 g/mol. The Balaban J connectivity index is 1.87. The molecule has 0 saturated carbocycles. The molecule has 0 aliphatic carbocycles. The van der Waals surface area contributed by atoms with E-state index in [1.54, 1.807) is 50.5 Å². The molecule has 0 atom stereocenters. The summed E-state index contributed by atoms with van der Waals surface area (Å²) < 4.78 is 5.83. The quantitative estimate of drug-likeness (QED) is 0.618. The largest absolute Gasteiger partial charge is 0.457 e. The average molecular weight is 409 g/mol. The zero-order chi connectivity index (χ0) is 21.0. The van der Waals surface area contributed by atoms with E-state index >= 15 is 0 Å². The number of carbonyl (C=O) groups is 2. The molecule has 1 heterocycles. The van der Waals surface area contributed by atoms with Crippen LogP contribution in [0, 0.1) is 6.92 Å². The van der Waals surface area contributed by atoms with Gasteiger partial charge >= 0.3 is 0 Å². The lowest BCUT2D eigenvalue weighted by molar-refractivity contribution is -0.124. The highest BCUT2D eigenvalue weighted by Gasteiger charge is 2.17. The van der Waals surface area contributed by atoms with Crippen LogP contribution < -0.4 is 5.32 Å². The maximum Gasteiger partial charge on any atom is 0.269 e. The van der Waals surface area contributed by atoms with E-state index in [4.69, 9.17) is 16.0 Å². The number of benzene rings is 2. The predicted molar refractivity (Wildman–Crippen MR) is 114 cm³/mol. The maximum atomic E-state index is 12.6. The van der Waals surface area contributed by atoms with Gasteiger partial charge in [-0.15, -0.1) is 0 Å². The number of rotatable bonds is 5. The van der Waals surface area contributed by atoms with Crippen molar-refractivity contribution in [1.29, 1.82) is 0 Å². The number of likely N-dealkylation sites (N-methyl/N-ethyl adjacent to an activating group) is 1. The minimum atomic E-state index is -0.365. The van der Waals surface area contributed by atoms with Crippen molar-refractivity contribution in [3.63, 3.8) is 0 Å². The fraction of sp³-hybridized carbons (Fsp3) is 0.130. The lowest BCUT2D eigenvalue weighted by Crippen LogP contribution is -2.34. The van der Waals surface area contributed by atoms with E-state index in [0.29, 0.717) is 22.1 Å². The first-order valence-electron chi connectivity index (χ1n) is 9.00. The molecule has 0 fully saturated rings. The second kappa shape index (κ2) is 8.80. The molecule has 0 saturated heterocycles. The Morgan fingerprint density at radius 1 is 0.966 bits per heavy atom. The second-order valence-electron chi connectivity index (χ2n) is 6.79. The summed E-state index contributed by atoms with van der Waals surface area (Å²) in [5, 5.41) is 3.33.